The number of rotatable bonds is 6. The van der Waals surface area contributed by atoms with Gasteiger partial charge in [-0.3, -0.25) is 9.59 Å². The standard InChI is InChI=1S/C21H23NO4/c1-14-9-10-15(2)19-18(14)21(25,13-16(3)23)20(24)22(19)11-12-26-17-7-5-4-6-8-17/h4-10,25H,11-13H2,1-3H3/t21-/m0/s1. The van der Waals surface area contributed by atoms with Gasteiger partial charge in [-0.15, -0.1) is 0 Å². The lowest BCUT2D eigenvalue weighted by Crippen LogP contribution is -2.43. The third kappa shape index (κ3) is 3.10. The van der Waals surface area contributed by atoms with Gasteiger partial charge in [0.2, 0.25) is 0 Å². The minimum atomic E-state index is -1.80. The maximum Gasteiger partial charge on any atom is 0.264 e. The molecule has 0 saturated heterocycles. The molecular formula is C21H23NO4. The van der Waals surface area contributed by atoms with Crippen LogP contribution in [0, 0.1) is 13.8 Å². The van der Waals surface area contributed by atoms with Gasteiger partial charge in [0.15, 0.2) is 5.60 Å². The highest BCUT2D eigenvalue weighted by Gasteiger charge is 2.51. The van der Waals surface area contributed by atoms with Crippen LogP contribution in [0.3, 0.4) is 0 Å². The zero-order valence-corrected chi connectivity index (χ0v) is 15.3. The molecule has 2 aromatic rings. The van der Waals surface area contributed by atoms with Crippen LogP contribution in [0.1, 0.15) is 30.0 Å². The summed E-state index contributed by atoms with van der Waals surface area (Å²) in [5.41, 5.74) is 1.12. The maximum absolute atomic E-state index is 13.0. The van der Waals surface area contributed by atoms with Crippen molar-refractivity contribution in [3.05, 3.63) is 59.2 Å². The summed E-state index contributed by atoms with van der Waals surface area (Å²) in [4.78, 5) is 26.3. The van der Waals surface area contributed by atoms with E-state index in [0.717, 1.165) is 16.9 Å². The topological polar surface area (TPSA) is 66.8 Å². The minimum Gasteiger partial charge on any atom is -0.492 e. The van der Waals surface area contributed by atoms with Gasteiger partial charge >= 0.3 is 0 Å². The van der Waals surface area contributed by atoms with Gasteiger partial charge in [-0.25, -0.2) is 0 Å². The molecule has 5 nitrogen and oxygen atoms in total. The molecule has 0 saturated carbocycles. The molecule has 1 amide bonds. The fourth-order valence-electron chi connectivity index (χ4n) is 3.61. The van der Waals surface area contributed by atoms with Gasteiger partial charge in [-0.05, 0) is 44.0 Å². The molecule has 0 aromatic heterocycles. The van der Waals surface area contributed by atoms with Crippen molar-refractivity contribution in [2.24, 2.45) is 0 Å². The molecule has 0 radical (unpaired) electrons. The van der Waals surface area contributed by atoms with E-state index in [0.29, 0.717) is 24.4 Å². The van der Waals surface area contributed by atoms with Gasteiger partial charge in [0.1, 0.15) is 18.1 Å². The van der Waals surface area contributed by atoms with Gasteiger partial charge < -0.3 is 14.7 Å². The Balaban J connectivity index is 1.91. The second-order valence-electron chi connectivity index (χ2n) is 6.78. The van der Waals surface area contributed by atoms with E-state index in [1.807, 2.05) is 56.3 Å². The molecule has 1 heterocycles. The van der Waals surface area contributed by atoms with Crippen molar-refractivity contribution >= 4 is 17.4 Å². The van der Waals surface area contributed by atoms with Gasteiger partial charge in [0, 0.05) is 12.0 Å². The van der Waals surface area contributed by atoms with Crippen LogP contribution in [0.5, 0.6) is 5.75 Å². The summed E-state index contributed by atoms with van der Waals surface area (Å²) in [7, 11) is 0. The number of hydrogen-bond acceptors (Lipinski definition) is 4. The van der Waals surface area contributed by atoms with E-state index >= 15 is 0 Å². The molecule has 3 rings (SSSR count). The Kier molecular flexibility index (Phi) is 4.83. The number of carbonyl (C=O) groups excluding carboxylic acids is 2. The molecule has 0 bridgehead atoms. The van der Waals surface area contributed by atoms with Crippen LogP contribution in [0.4, 0.5) is 5.69 Å². The van der Waals surface area contributed by atoms with E-state index in [2.05, 4.69) is 0 Å². The molecule has 26 heavy (non-hydrogen) atoms. The van der Waals surface area contributed by atoms with Gasteiger partial charge in [0.05, 0.1) is 12.2 Å². The normalized spacial score (nSPS) is 18.8. The smallest absolute Gasteiger partial charge is 0.264 e. The van der Waals surface area contributed by atoms with Gasteiger partial charge in [-0.1, -0.05) is 30.3 Å². The van der Waals surface area contributed by atoms with Crippen molar-refractivity contribution in [3.8, 4) is 5.75 Å². The third-order valence-corrected chi connectivity index (χ3v) is 4.70. The number of ketones is 1. The Hall–Kier alpha value is -2.66. The van der Waals surface area contributed by atoms with Crippen LogP contribution >= 0.6 is 0 Å². The largest absolute Gasteiger partial charge is 0.492 e. The van der Waals surface area contributed by atoms with Crippen molar-refractivity contribution in [2.75, 3.05) is 18.1 Å². The molecule has 136 valence electrons. The van der Waals surface area contributed by atoms with Crippen LogP contribution in [-0.2, 0) is 15.2 Å². The molecule has 1 N–H and O–H groups in total. The van der Waals surface area contributed by atoms with E-state index in [1.165, 1.54) is 6.92 Å². The molecule has 0 spiro atoms. The van der Waals surface area contributed by atoms with E-state index in [-0.39, 0.29) is 12.2 Å². The van der Waals surface area contributed by atoms with E-state index < -0.39 is 11.5 Å². The fourth-order valence-corrected chi connectivity index (χ4v) is 3.61. The zero-order chi connectivity index (χ0) is 18.9. The van der Waals surface area contributed by atoms with Crippen LogP contribution in [0.15, 0.2) is 42.5 Å². The zero-order valence-electron chi connectivity index (χ0n) is 15.3. The second-order valence-corrected chi connectivity index (χ2v) is 6.78. The first-order valence-corrected chi connectivity index (χ1v) is 8.67. The number of carbonyl (C=O) groups is 2. The minimum absolute atomic E-state index is 0.223. The Morgan fingerprint density at radius 3 is 2.42 bits per heavy atom. The molecule has 0 aliphatic carbocycles. The molecule has 5 heteroatoms. The van der Waals surface area contributed by atoms with Crippen LogP contribution < -0.4 is 9.64 Å². The number of aryl methyl sites for hydroxylation is 2. The first kappa shape index (κ1) is 18.1. The van der Waals surface area contributed by atoms with Crippen molar-refractivity contribution in [2.45, 2.75) is 32.8 Å². The van der Waals surface area contributed by atoms with Crippen LogP contribution in [0.2, 0.25) is 0 Å². The number of anilines is 1. The molecule has 2 aromatic carbocycles. The summed E-state index contributed by atoms with van der Waals surface area (Å²) in [6.45, 7) is 5.72. The Bertz CT molecular complexity index is 847. The lowest BCUT2D eigenvalue weighted by molar-refractivity contribution is -0.141. The van der Waals surface area contributed by atoms with Crippen molar-refractivity contribution < 1.29 is 19.4 Å². The Morgan fingerprint density at radius 1 is 1.12 bits per heavy atom. The lowest BCUT2D eigenvalue weighted by Gasteiger charge is -2.22. The molecule has 1 atom stereocenters. The summed E-state index contributed by atoms with van der Waals surface area (Å²) in [6, 6.07) is 13.2. The van der Waals surface area contributed by atoms with E-state index in [9.17, 15) is 14.7 Å². The number of hydrogen-bond donors (Lipinski definition) is 1. The maximum atomic E-state index is 13.0. The Morgan fingerprint density at radius 2 is 1.77 bits per heavy atom. The number of aliphatic hydroxyl groups is 1. The van der Waals surface area contributed by atoms with Crippen molar-refractivity contribution in [3.63, 3.8) is 0 Å². The number of benzene rings is 2. The highest BCUT2D eigenvalue weighted by atomic mass is 16.5. The molecular weight excluding hydrogens is 330 g/mol. The van der Waals surface area contributed by atoms with Crippen LogP contribution in [0.25, 0.3) is 0 Å². The summed E-state index contributed by atoms with van der Waals surface area (Å²) in [5.74, 6) is 0.0335. The van der Waals surface area contributed by atoms with Crippen LogP contribution in [-0.4, -0.2) is 29.9 Å². The lowest BCUT2D eigenvalue weighted by atomic mass is 9.86. The van der Waals surface area contributed by atoms with Crippen molar-refractivity contribution in [1.82, 2.24) is 0 Å². The van der Waals surface area contributed by atoms with E-state index in [4.69, 9.17) is 4.74 Å². The predicted octanol–water partition coefficient (Wildman–Crippen LogP) is 2.90. The highest BCUT2D eigenvalue weighted by Crippen LogP contribution is 2.45. The average molecular weight is 353 g/mol. The van der Waals surface area contributed by atoms with Gasteiger partial charge in [0.25, 0.3) is 5.91 Å². The SMILES string of the molecule is CC(=O)C[C@@]1(O)C(=O)N(CCOc2ccccc2)c2c(C)ccc(C)c21. The highest BCUT2D eigenvalue weighted by molar-refractivity contribution is 6.09. The number of ether oxygens (including phenoxy) is 1. The summed E-state index contributed by atoms with van der Waals surface area (Å²) in [5, 5.41) is 11.1. The summed E-state index contributed by atoms with van der Waals surface area (Å²) in [6.07, 6.45) is -0.223. The molecule has 0 fully saturated rings. The Labute approximate surface area is 153 Å². The first-order chi connectivity index (χ1) is 12.3. The number of fused-ring (bicyclic) bond motifs is 1. The van der Waals surface area contributed by atoms with E-state index in [1.54, 1.807) is 4.90 Å². The molecule has 1 aliphatic heterocycles. The summed E-state index contributed by atoms with van der Waals surface area (Å²) >= 11 is 0. The quantitative estimate of drug-likeness (QED) is 0.867. The monoisotopic (exact) mass is 353 g/mol. The average Bonchev–Trinajstić information content (AvgIpc) is 2.81. The summed E-state index contributed by atoms with van der Waals surface area (Å²) < 4.78 is 5.71. The molecule has 0 unspecified atom stereocenters. The fraction of sp³-hybridized carbons (Fsp3) is 0.333. The second kappa shape index (κ2) is 6.92. The molecule has 1 aliphatic rings. The first-order valence-electron chi connectivity index (χ1n) is 8.67. The number of Topliss-reactive ketones (excluding diaryl/α,β-unsaturated/α-hetero) is 1. The number of amides is 1. The number of nitrogens with zero attached hydrogens (tertiary/aromatic N) is 1. The number of para-hydroxylation sites is 1. The predicted molar refractivity (Wildman–Crippen MR) is 99.4 cm³/mol. The van der Waals surface area contributed by atoms with Gasteiger partial charge in [-0.2, -0.15) is 0 Å². The van der Waals surface area contributed by atoms with Crippen molar-refractivity contribution in [1.29, 1.82) is 0 Å². The third-order valence-electron chi connectivity index (χ3n) is 4.70.